The smallest absolute Gasteiger partial charge is 0.240 e. The second kappa shape index (κ2) is 8.03. The molecular weight excluding hydrogens is 326 g/mol. The van der Waals surface area contributed by atoms with Crippen molar-refractivity contribution in [2.45, 2.75) is 37.6 Å². The van der Waals surface area contributed by atoms with Gasteiger partial charge in [-0.15, -0.1) is 0 Å². The predicted octanol–water partition coefficient (Wildman–Crippen LogP) is 2.34. The molecule has 0 aliphatic rings. The number of sulfonamides is 1. The number of aromatic nitrogens is 1. The molecular formula is C17H21N3O3S. The third kappa shape index (κ3) is 5.43. The van der Waals surface area contributed by atoms with Crippen molar-refractivity contribution in [2.24, 2.45) is 0 Å². The summed E-state index contributed by atoms with van der Waals surface area (Å²) in [4.78, 5) is 16.1. The lowest BCUT2D eigenvalue weighted by Crippen LogP contribution is -2.30. The van der Waals surface area contributed by atoms with E-state index in [1.54, 1.807) is 38.4 Å². The van der Waals surface area contributed by atoms with E-state index in [1.807, 2.05) is 12.1 Å². The van der Waals surface area contributed by atoms with Crippen LogP contribution in [0.1, 0.15) is 25.8 Å². The Kier molecular flexibility index (Phi) is 6.05. The van der Waals surface area contributed by atoms with Gasteiger partial charge in [-0.05, 0) is 56.2 Å². The number of hydrogen-bond donors (Lipinski definition) is 2. The van der Waals surface area contributed by atoms with E-state index in [0.717, 1.165) is 5.56 Å². The van der Waals surface area contributed by atoms with Gasteiger partial charge >= 0.3 is 0 Å². The SMILES string of the molecule is CC(C)NS(=O)(=O)c1ccc(NC(=O)CCc2cccnc2)cc1. The highest BCUT2D eigenvalue weighted by Gasteiger charge is 2.15. The first-order valence-electron chi connectivity index (χ1n) is 7.68. The molecule has 2 rings (SSSR count). The van der Waals surface area contributed by atoms with Gasteiger partial charge in [-0.2, -0.15) is 0 Å². The molecule has 0 atom stereocenters. The van der Waals surface area contributed by atoms with E-state index in [2.05, 4.69) is 15.0 Å². The molecule has 0 radical (unpaired) electrons. The van der Waals surface area contributed by atoms with Gasteiger partial charge in [0.2, 0.25) is 15.9 Å². The third-order valence-corrected chi connectivity index (χ3v) is 4.88. The topological polar surface area (TPSA) is 88.2 Å². The first-order chi connectivity index (χ1) is 11.4. The molecule has 0 bridgehead atoms. The lowest BCUT2D eigenvalue weighted by Gasteiger charge is -2.10. The maximum absolute atomic E-state index is 12.0. The third-order valence-electron chi connectivity index (χ3n) is 3.20. The molecule has 7 heteroatoms. The Hall–Kier alpha value is -2.25. The van der Waals surface area contributed by atoms with E-state index in [9.17, 15) is 13.2 Å². The fraction of sp³-hybridized carbons (Fsp3) is 0.294. The van der Waals surface area contributed by atoms with Crippen LogP contribution < -0.4 is 10.0 Å². The van der Waals surface area contributed by atoms with Gasteiger partial charge in [0.15, 0.2) is 0 Å². The number of benzene rings is 1. The van der Waals surface area contributed by atoms with Crippen molar-refractivity contribution in [3.63, 3.8) is 0 Å². The van der Waals surface area contributed by atoms with Crippen LogP contribution in [0, 0.1) is 0 Å². The lowest BCUT2D eigenvalue weighted by molar-refractivity contribution is -0.116. The standard InChI is InChI=1S/C17H21N3O3S/c1-13(2)20-24(22,23)16-8-6-15(7-9-16)19-17(21)10-5-14-4-3-11-18-12-14/h3-4,6-9,11-13,20H,5,10H2,1-2H3,(H,19,21). The number of carbonyl (C=O) groups excluding carboxylic acids is 1. The second-order valence-corrected chi connectivity index (χ2v) is 7.42. The summed E-state index contributed by atoms with van der Waals surface area (Å²) >= 11 is 0. The first-order valence-corrected chi connectivity index (χ1v) is 9.16. The van der Waals surface area contributed by atoms with Crippen LogP contribution in [0.25, 0.3) is 0 Å². The van der Waals surface area contributed by atoms with Crippen molar-refractivity contribution in [1.29, 1.82) is 0 Å². The molecule has 0 aliphatic heterocycles. The number of pyridine rings is 1. The molecule has 2 N–H and O–H groups in total. The Morgan fingerprint density at radius 1 is 1.17 bits per heavy atom. The Morgan fingerprint density at radius 2 is 1.88 bits per heavy atom. The summed E-state index contributed by atoms with van der Waals surface area (Å²) in [6, 6.07) is 9.68. The van der Waals surface area contributed by atoms with Crippen LogP contribution in [0.2, 0.25) is 0 Å². The number of nitrogens with one attached hydrogen (secondary N) is 2. The number of nitrogens with zero attached hydrogens (tertiary/aromatic N) is 1. The minimum Gasteiger partial charge on any atom is -0.326 e. The highest BCUT2D eigenvalue weighted by Crippen LogP contribution is 2.15. The van der Waals surface area contributed by atoms with Gasteiger partial charge in [0, 0.05) is 30.5 Å². The summed E-state index contributed by atoms with van der Waals surface area (Å²) in [6.45, 7) is 3.52. The maximum atomic E-state index is 12.0. The Morgan fingerprint density at radius 3 is 2.46 bits per heavy atom. The van der Waals surface area contributed by atoms with Crippen LogP contribution >= 0.6 is 0 Å². The molecule has 1 aromatic heterocycles. The zero-order valence-corrected chi connectivity index (χ0v) is 14.5. The molecule has 2 aromatic rings. The number of aryl methyl sites for hydroxylation is 1. The van der Waals surface area contributed by atoms with Crippen molar-refractivity contribution in [3.05, 3.63) is 54.4 Å². The molecule has 0 fully saturated rings. The lowest BCUT2D eigenvalue weighted by atomic mass is 10.1. The molecule has 1 amide bonds. The highest BCUT2D eigenvalue weighted by atomic mass is 32.2. The van der Waals surface area contributed by atoms with Gasteiger partial charge in [0.1, 0.15) is 0 Å². The molecule has 128 valence electrons. The van der Waals surface area contributed by atoms with Crippen LogP contribution in [0.3, 0.4) is 0 Å². The number of amides is 1. The van der Waals surface area contributed by atoms with Crippen molar-refractivity contribution in [1.82, 2.24) is 9.71 Å². The van der Waals surface area contributed by atoms with Crippen molar-refractivity contribution in [3.8, 4) is 0 Å². The van der Waals surface area contributed by atoms with Crippen molar-refractivity contribution >= 4 is 21.6 Å². The monoisotopic (exact) mass is 347 g/mol. The molecule has 0 aliphatic carbocycles. The van der Waals surface area contributed by atoms with Crippen molar-refractivity contribution in [2.75, 3.05) is 5.32 Å². The number of hydrogen-bond acceptors (Lipinski definition) is 4. The summed E-state index contributed by atoms with van der Waals surface area (Å²) in [7, 11) is -3.52. The van der Waals surface area contributed by atoms with E-state index < -0.39 is 10.0 Å². The Bertz CT molecular complexity index is 772. The average molecular weight is 347 g/mol. The number of carbonyl (C=O) groups is 1. The minimum atomic E-state index is -3.52. The quantitative estimate of drug-likeness (QED) is 0.805. The van der Waals surface area contributed by atoms with Crippen LogP contribution in [0.4, 0.5) is 5.69 Å². The Labute approximate surface area is 142 Å². The van der Waals surface area contributed by atoms with Crippen LogP contribution in [-0.2, 0) is 21.2 Å². The summed E-state index contributed by atoms with van der Waals surface area (Å²) in [5.41, 5.74) is 1.56. The van der Waals surface area contributed by atoms with Gasteiger partial charge in [0.05, 0.1) is 4.90 Å². The molecule has 1 aromatic carbocycles. The van der Waals surface area contributed by atoms with E-state index in [1.165, 1.54) is 12.1 Å². The van der Waals surface area contributed by atoms with Gasteiger partial charge in [-0.3, -0.25) is 9.78 Å². The summed E-state index contributed by atoms with van der Waals surface area (Å²) < 4.78 is 26.6. The fourth-order valence-electron chi connectivity index (χ4n) is 2.12. The summed E-state index contributed by atoms with van der Waals surface area (Å²) in [5, 5.41) is 2.76. The van der Waals surface area contributed by atoms with E-state index in [4.69, 9.17) is 0 Å². The van der Waals surface area contributed by atoms with E-state index in [0.29, 0.717) is 18.5 Å². The van der Waals surface area contributed by atoms with Crippen LogP contribution in [-0.4, -0.2) is 25.4 Å². The van der Waals surface area contributed by atoms with Gasteiger partial charge in [0.25, 0.3) is 0 Å². The largest absolute Gasteiger partial charge is 0.326 e. The average Bonchev–Trinajstić information content (AvgIpc) is 2.53. The Balaban J connectivity index is 1.92. The van der Waals surface area contributed by atoms with Crippen LogP contribution in [0.15, 0.2) is 53.7 Å². The molecule has 24 heavy (non-hydrogen) atoms. The zero-order chi connectivity index (χ0) is 17.6. The first kappa shape index (κ1) is 18.1. The second-order valence-electron chi connectivity index (χ2n) is 5.71. The highest BCUT2D eigenvalue weighted by molar-refractivity contribution is 7.89. The fourth-order valence-corrected chi connectivity index (χ4v) is 3.37. The number of rotatable bonds is 7. The minimum absolute atomic E-state index is 0.130. The van der Waals surface area contributed by atoms with E-state index >= 15 is 0 Å². The van der Waals surface area contributed by atoms with Gasteiger partial charge in [-0.25, -0.2) is 13.1 Å². The summed E-state index contributed by atoms with van der Waals surface area (Å²) in [5.74, 6) is -0.130. The normalized spacial score (nSPS) is 11.5. The molecule has 0 saturated carbocycles. The van der Waals surface area contributed by atoms with E-state index in [-0.39, 0.29) is 16.8 Å². The zero-order valence-electron chi connectivity index (χ0n) is 13.7. The molecule has 1 heterocycles. The van der Waals surface area contributed by atoms with Crippen molar-refractivity contribution < 1.29 is 13.2 Å². The van der Waals surface area contributed by atoms with Gasteiger partial charge < -0.3 is 5.32 Å². The summed E-state index contributed by atoms with van der Waals surface area (Å²) in [6.07, 6.45) is 4.35. The molecule has 0 unspecified atom stereocenters. The van der Waals surface area contributed by atoms with Gasteiger partial charge in [-0.1, -0.05) is 6.07 Å². The molecule has 0 spiro atoms. The molecule has 0 saturated heterocycles. The molecule has 6 nitrogen and oxygen atoms in total. The predicted molar refractivity (Wildman–Crippen MR) is 93.1 cm³/mol. The number of anilines is 1. The van der Waals surface area contributed by atoms with Crippen LogP contribution in [0.5, 0.6) is 0 Å². The maximum Gasteiger partial charge on any atom is 0.240 e.